The van der Waals surface area contributed by atoms with E-state index in [0.717, 1.165) is 22.9 Å². The van der Waals surface area contributed by atoms with Crippen LogP contribution in [0.3, 0.4) is 0 Å². The number of amides is 1. The summed E-state index contributed by atoms with van der Waals surface area (Å²) in [6.45, 7) is 1.19. The molecule has 1 saturated heterocycles. The maximum absolute atomic E-state index is 11.3. The van der Waals surface area contributed by atoms with Crippen molar-refractivity contribution in [2.75, 3.05) is 6.54 Å². The van der Waals surface area contributed by atoms with E-state index in [1.54, 1.807) is 0 Å². The molecule has 0 bridgehead atoms. The first-order valence-electron chi connectivity index (χ1n) is 4.97. The van der Waals surface area contributed by atoms with Crippen LogP contribution in [-0.2, 0) is 16.2 Å². The Morgan fingerprint density at radius 3 is 3.00 bits per heavy atom. The summed E-state index contributed by atoms with van der Waals surface area (Å²) in [5.41, 5.74) is 1.09. The van der Waals surface area contributed by atoms with Gasteiger partial charge in [0.05, 0.1) is 0 Å². The van der Waals surface area contributed by atoms with Gasteiger partial charge in [0.1, 0.15) is 0 Å². The quantitative estimate of drug-likeness (QED) is 0.746. The van der Waals surface area contributed by atoms with E-state index in [9.17, 15) is 4.79 Å². The summed E-state index contributed by atoms with van der Waals surface area (Å²) >= 11 is 2.49. The second-order valence-corrected chi connectivity index (χ2v) is 4.63. The van der Waals surface area contributed by atoms with Gasteiger partial charge in [-0.05, 0) is 0 Å². The van der Waals surface area contributed by atoms with Gasteiger partial charge in [0, 0.05) is 0 Å². The summed E-state index contributed by atoms with van der Waals surface area (Å²) in [5, 5.41) is 1.47. The number of nitrogens with zero attached hydrogens (tertiary/aromatic N) is 1. The van der Waals surface area contributed by atoms with E-state index in [-0.39, 0.29) is 5.91 Å². The minimum absolute atomic E-state index is 0.0958. The van der Waals surface area contributed by atoms with Gasteiger partial charge >= 0.3 is 97.6 Å². The first-order valence-corrected chi connectivity index (χ1v) is 5.91. The van der Waals surface area contributed by atoms with Gasteiger partial charge < -0.3 is 0 Å². The monoisotopic (exact) mass is 265 g/mol. The maximum atomic E-state index is 11.3. The third-order valence-electron chi connectivity index (χ3n) is 2.33. The molecule has 3 nitrogen and oxygen atoms in total. The summed E-state index contributed by atoms with van der Waals surface area (Å²) in [7, 11) is 0. The van der Waals surface area contributed by atoms with Crippen LogP contribution in [0.15, 0.2) is 24.3 Å². The molecule has 1 heterocycles. The zero-order chi connectivity index (χ0) is 10.7. The molecule has 0 N–H and O–H groups in total. The van der Waals surface area contributed by atoms with Crippen molar-refractivity contribution in [1.29, 1.82) is 0 Å². The second kappa shape index (κ2) is 4.82. The van der Waals surface area contributed by atoms with Gasteiger partial charge in [-0.15, -0.1) is 0 Å². The van der Waals surface area contributed by atoms with Crippen molar-refractivity contribution in [3.63, 3.8) is 0 Å². The Morgan fingerprint density at radius 1 is 1.47 bits per heavy atom. The summed E-state index contributed by atoms with van der Waals surface area (Å²) in [6, 6.07) is 8.04. The van der Waals surface area contributed by atoms with Crippen molar-refractivity contribution < 1.29 is 9.63 Å². The Kier molecular flexibility index (Phi) is 3.44. The van der Waals surface area contributed by atoms with Crippen LogP contribution in [0.4, 0.5) is 0 Å². The van der Waals surface area contributed by atoms with Crippen molar-refractivity contribution in [1.82, 2.24) is 5.06 Å². The predicted octanol–water partition coefficient (Wildman–Crippen LogP) is 0.534. The zero-order valence-electron chi connectivity index (χ0n) is 8.35. The number of carbonyl (C=O) groups is 1. The SMILES string of the molecule is O=C1CCCN1OCc1cccc([As])c1. The summed E-state index contributed by atoms with van der Waals surface area (Å²) in [4.78, 5) is 16.7. The van der Waals surface area contributed by atoms with Gasteiger partial charge in [0.25, 0.3) is 0 Å². The molecule has 0 atom stereocenters. The number of carbonyl (C=O) groups excluding carboxylic acids is 1. The van der Waals surface area contributed by atoms with E-state index in [2.05, 4.69) is 16.9 Å². The molecule has 2 rings (SSSR count). The molecule has 1 aromatic carbocycles. The molecule has 0 saturated carbocycles. The molecule has 2 radical (unpaired) electrons. The van der Waals surface area contributed by atoms with Crippen molar-refractivity contribution in [2.45, 2.75) is 19.4 Å². The van der Waals surface area contributed by atoms with Crippen molar-refractivity contribution in [3.8, 4) is 0 Å². The van der Waals surface area contributed by atoms with Crippen molar-refractivity contribution >= 4 is 27.1 Å². The van der Waals surface area contributed by atoms with Gasteiger partial charge in [-0.1, -0.05) is 0 Å². The average molecular weight is 265 g/mol. The van der Waals surface area contributed by atoms with Crippen LogP contribution in [0.25, 0.3) is 0 Å². The Morgan fingerprint density at radius 2 is 2.33 bits per heavy atom. The fourth-order valence-electron chi connectivity index (χ4n) is 1.56. The number of benzene rings is 1. The van der Waals surface area contributed by atoms with Crippen molar-refractivity contribution in [2.24, 2.45) is 0 Å². The van der Waals surface area contributed by atoms with E-state index in [1.165, 1.54) is 5.06 Å². The molecule has 1 aliphatic rings. The number of hydrogen-bond donors (Lipinski definition) is 0. The van der Waals surface area contributed by atoms with Gasteiger partial charge in [0.15, 0.2) is 0 Å². The molecule has 78 valence electrons. The molecule has 4 heteroatoms. The normalized spacial score (nSPS) is 16.1. The molecule has 1 aliphatic heterocycles. The molecule has 1 amide bonds. The first kappa shape index (κ1) is 10.7. The van der Waals surface area contributed by atoms with Crippen LogP contribution in [-0.4, -0.2) is 34.4 Å². The molecule has 0 spiro atoms. The second-order valence-electron chi connectivity index (χ2n) is 3.54. The topological polar surface area (TPSA) is 29.5 Å². The molecular weight excluding hydrogens is 253 g/mol. The van der Waals surface area contributed by atoms with Crippen LogP contribution in [0.2, 0.25) is 0 Å². The van der Waals surface area contributed by atoms with Crippen LogP contribution in [0.1, 0.15) is 18.4 Å². The van der Waals surface area contributed by atoms with Gasteiger partial charge in [-0.2, -0.15) is 0 Å². The Hall–Kier alpha value is -0.792. The third-order valence-corrected chi connectivity index (χ3v) is 2.91. The van der Waals surface area contributed by atoms with E-state index in [1.807, 2.05) is 24.3 Å². The van der Waals surface area contributed by atoms with E-state index in [0.29, 0.717) is 13.0 Å². The van der Waals surface area contributed by atoms with Crippen molar-refractivity contribution in [3.05, 3.63) is 29.8 Å². The average Bonchev–Trinajstić information content (AvgIpc) is 2.61. The van der Waals surface area contributed by atoms with Crippen LogP contribution >= 0.6 is 0 Å². The molecule has 1 fully saturated rings. The predicted molar refractivity (Wildman–Crippen MR) is 57.6 cm³/mol. The van der Waals surface area contributed by atoms with E-state index >= 15 is 0 Å². The molecule has 0 aliphatic carbocycles. The van der Waals surface area contributed by atoms with Crippen LogP contribution in [0.5, 0.6) is 0 Å². The fraction of sp³-hybridized carbons (Fsp3) is 0.364. The van der Waals surface area contributed by atoms with Gasteiger partial charge in [-0.25, -0.2) is 0 Å². The summed E-state index contributed by atoms with van der Waals surface area (Å²) < 4.78 is 1.15. The number of rotatable bonds is 3. The molecule has 1 aromatic rings. The number of hydrogen-bond acceptors (Lipinski definition) is 2. The number of hydroxylamine groups is 2. The first-order chi connectivity index (χ1) is 7.25. The fourth-order valence-corrected chi connectivity index (χ4v) is 2.09. The summed E-state index contributed by atoms with van der Waals surface area (Å²) in [5.74, 6) is 0.0958. The summed E-state index contributed by atoms with van der Waals surface area (Å²) in [6.07, 6.45) is 1.52. The Bertz CT molecular complexity index is 367. The zero-order valence-corrected chi connectivity index (χ0v) is 10.2. The molecule has 0 unspecified atom stereocenters. The van der Waals surface area contributed by atoms with E-state index < -0.39 is 0 Å². The Labute approximate surface area is 97.9 Å². The molecule has 0 aromatic heterocycles. The molecular formula is C11H12AsNO2. The standard InChI is InChI=1S/C11H12AsNO2/c12-10-4-1-3-9(7-10)8-15-13-6-2-5-11(13)14/h1,3-4,7H,2,5-6,8H2. The van der Waals surface area contributed by atoms with Gasteiger partial charge in [0.2, 0.25) is 0 Å². The van der Waals surface area contributed by atoms with E-state index in [4.69, 9.17) is 4.84 Å². The van der Waals surface area contributed by atoms with Crippen LogP contribution in [0, 0.1) is 0 Å². The third kappa shape index (κ3) is 2.83. The van der Waals surface area contributed by atoms with Crippen LogP contribution < -0.4 is 4.35 Å². The minimum atomic E-state index is 0.0958. The van der Waals surface area contributed by atoms with Gasteiger partial charge in [-0.3, -0.25) is 0 Å². The Balaban J connectivity index is 1.90. The molecule has 15 heavy (non-hydrogen) atoms.